The molecular weight excluding hydrogens is 236 g/mol. The van der Waals surface area contributed by atoms with E-state index in [1.54, 1.807) is 0 Å². The van der Waals surface area contributed by atoms with Crippen LogP contribution in [0.3, 0.4) is 0 Å². The van der Waals surface area contributed by atoms with Gasteiger partial charge in [0.25, 0.3) is 0 Å². The molecule has 1 atom stereocenters. The molecule has 0 spiro atoms. The van der Waals surface area contributed by atoms with E-state index in [4.69, 9.17) is 0 Å². The first-order valence-electron chi connectivity index (χ1n) is 7.44. The summed E-state index contributed by atoms with van der Waals surface area (Å²) in [5, 5.41) is 15.8. The van der Waals surface area contributed by atoms with Gasteiger partial charge in [-0.25, -0.2) is 4.98 Å². The molecule has 2 aliphatic rings. The average Bonchev–Trinajstić information content (AvgIpc) is 2.48. The number of aliphatic hydroxyl groups excluding tert-OH is 1. The largest absolute Gasteiger partial charge is 0.373 e. The van der Waals surface area contributed by atoms with E-state index in [-0.39, 0.29) is 0 Å². The number of nitrogens with one attached hydrogen (secondary N) is 1. The first kappa shape index (κ1) is 12.8. The van der Waals surface area contributed by atoms with Gasteiger partial charge in [-0.3, -0.25) is 5.32 Å². The monoisotopic (exact) mass is 258 g/mol. The Morgan fingerprint density at radius 3 is 2.74 bits per heavy atom. The summed E-state index contributed by atoms with van der Waals surface area (Å²) in [7, 11) is 0. The Kier molecular flexibility index (Phi) is 3.95. The van der Waals surface area contributed by atoms with E-state index < -0.39 is 6.23 Å². The highest BCUT2D eigenvalue weighted by atomic mass is 16.3. The van der Waals surface area contributed by atoms with Crippen molar-refractivity contribution < 1.29 is 5.11 Å². The maximum atomic E-state index is 10.3. The fourth-order valence-corrected chi connectivity index (χ4v) is 3.03. The number of rotatable bonds is 3. The van der Waals surface area contributed by atoms with Crippen molar-refractivity contribution in [3.8, 4) is 0 Å². The summed E-state index contributed by atoms with van der Waals surface area (Å²) in [6, 6.07) is 4.45. The van der Waals surface area contributed by atoms with Gasteiger partial charge in [-0.1, -0.05) is 37.5 Å². The van der Waals surface area contributed by atoms with Gasteiger partial charge in [0.15, 0.2) is 0 Å². The predicted molar refractivity (Wildman–Crippen MR) is 76.6 cm³/mol. The van der Waals surface area contributed by atoms with Gasteiger partial charge in [0.2, 0.25) is 0 Å². The topological polar surface area (TPSA) is 45.1 Å². The number of aliphatic hydroxyl groups is 1. The standard InChI is InChI=1S/C16H22N2O/c19-16(17-13-7-2-1-3-8-13)15-11-10-12-6-4-5-9-14(12)18-15/h6,9-11,13,16-17,19H,1-5,7-8H2. The fourth-order valence-electron chi connectivity index (χ4n) is 3.03. The van der Waals surface area contributed by atoms with E-state index in [0.717, 1.165) is 23.9 Å². The molecule has 102 valence electrons. The first-order valence-corrected chi connectivity index (χ1v) is 7.44. The molecule has 3 rings (SSSR count). The summed E-state index contributed by atoms with van der Waals surface area (Å²) in [6.07, 6.45) is 12.1. The predicted octanol–water partition coefficient (Wildman–Crippen LogP) is 1.35. The van der Waals surface area contributed by atoms with Crippen LogP contribution in [0.2, 0.25) is 0 Å². The smallest absolute Gasteiger partial charge is 0.148 e. The van der Waals surface area contributed by atoms with Crippen LogP contribution in [0, 0.1) is 0 Å². The van der Waals surface area contributed by atoms with Crippen LogP contribution in [0.15, 0.2) is 12.1 Å². The van der Waals surface area contributed by atoms with Gasteiger partial charge in [-0.2, -0.15) is 0 Å². The normalized spacial score (nSPS) is 21.1. The van der Waals surface area contributed by atoms with Crippen molar-refractivity contribution in [3.63, 3.8) is 0 Å². The molecule has 1 unspecified atom stereocenters. The second kappa shape index (κ2) is 5.85. The summed E-state index contributed by atoms with van der Waals surface area (Å²) in [5.41, 5.74) is 0.746. The number of fused-ring (bicyclic) bond motifs is 1. The van der Waals surface area contributed by atoms with Crippen LogP contribution in [0.1, 0.15) is 56.9 Å². The lowest BCUT2D eigenvalue weighted by Gasteiger charge is -2.25. The van der Waals surface area contributed by atoms with Gasteiger partial charge in [0, 0.05) is 6.04 Å². The van der Waals surface area contributed by atoms with Gasteiger partial charge < -0.3 is 5.11 Å². The highest BCUT2D eigenvalue weighted by molar-refractivity contribution is 5.36. The summed E-state index contributed by atoms with van der Waals surface area (Å²) in [5.74, 6) is 0. The summed E-state index contributed by atoms with van der Waals surface area (Å²) in [6.45, 7) is 0. The second-order valence-corrected chi connectivity index (χ2v) is 5.60. The maximum Gasteiger partial charge on any atom is 0.148 e. The van der Waals surface area contributed by atoms with Crippen LogP contribution in [-0.4, -0.2) is 16.1 Å². The Labute approximate surface area is 114 Å². The minimum absolute atomic E-state index is 0.442. The summed E-state index contributed by atoms with van der Waals surface area (Å²) < 4.78 is 0. The molecule has 2 aliphatic carbocycles. The molecule has 3 heteroatoms. The van der Waals surface area contributed by atoms with Crippen LogP contribution in [0.25, 0.3) is 12.2 Å². The van der Waals surface area contributed by atoms with Crippen molar-refractivity contribution in [2.24, 2.45) is 0 Å². The van der Waals surface area contributed by atoms with Gasteiger partial charge in [0.1, 0.15) is 6.23 Å². The lowest BCUT2D eigenvalue weighted by atomic mass is 9.95. The molecule has 0 bridgehead atoms. The minimum atomic E-state index is -0.635. The Morgan fingerprint density at radius 2 is 1.89 bits per heavy atom. The Hall–Kier alpha value is -1.19. The van der Waals surface area contributed by atoms with Crippen LogP contribution in [0.4, 0.5) is 0 Å². The van der Waals surface area contributed by atoms with Crippen molar-refractivity contribution in [1.82, 2.24) is 10.3 Å². The molecule has 0 saturated heterocycles. The van der Waals surface area contributed by atoms with Crippen LogP contribution < -0.4 is 15.9 Å². The molecule has 0 aromatic carbocycles. The van der Waals surface area contributed by atoms with Crippen molar-refractivity contribution in [1.29, 1.82) is 0 Å². The Morgan fingerprint density at radius 1 is 1.11 bits per heavy atom. The number of hydrogen-bond donors (Lipinski definition) is 2. The maximum absolute atomic E-state index is 10.3. The minimum Gasteiger partial charge on any atom is -0.373 e. The van der Waals surface area contributed by atoms with E-state index in [9.17, 15) is 5.11 Å². The number of pyridine rings is 1. The van der Waals surface area contributed by atoms with E-state index in [2.05, 4.69) is 28.5 Å². The van der Waals surface area contributed by atoms with Gasteiger partial charge in [0.05, 0.1) is 11.0 Å². The molecule has 0 aliphatic heterocycles. The molecule has 1 heterocycles. The van der Waals surface area contributed by atoms with Crippen LogP contribution >= 0.6 is 0 Å². The van der Waals surface area contributed by atoms with E-state index in [1.165, 1.54) is 37.3 Å². The van der Waals surface area contributed by atoms with Gasteiger partial charge >= 0.3 is 0 Å². The lowest BCUT2D eigenvalue weighted by molar-refractivity contribution is 0.110. The quantitative estimate of drug-likeness (QED) is 0.805. The zero-order chi connectivity index (χ0) is 13.1. The molecule has 3 nitrogen and oxygen atoms in total. The molecule has 19 heavy (non-hydrogen) atoms. The fraction of sp³-hybridized carbons (Fsp3) is 0.562. The second-order valence-electron chi connectivity index (χ2n) is 5.60. The third-order valence-electron chi connectivity index (χ3n) is 4.13. The van der Waals surface area contributed by atoms with Crippen LogP contribution in [0.5, 0.6) is 0 Å². The van der Waals surface area contributed by atoms with Gasteiger partial charge in [-0.15, -0.1) is 0 Å². The molecular formula is C16H22N2O. The molecule has 1 aromatic rings. The Bertz CT molecular complexity index is 546. The zero-order valence-corrected chi connectivity index (χ0v) is 11.3. The Balaban J connectivity index is 1.74. The van der Waals surface area contributed by atoms with E-state index in [1.807, 2.05) is 6.07 Å². The third kappa shape index (κ3) is 3.04. The molecule has 0 amide bonds. The van der Waals surface area contributed by atoms with Crippen LogP contribution in [-0.2, 0) is 0 Å². The molecule has 1 saturated carbocycles. The molecule has 1 aromatic heterocycles. The molecule has 1 fully saturated rings. The van der Waals surface area contributed by atoms with Crippen molar-refractivity contribution in [2.45, 2.75) is 57.2 Å². The number of nitrogens with zero attached hydrogens (tertiary/aromatic N) is 1. The third-order valence-corrected chi connectivity index (χ3v) is 4.13. The average molecular weight is 258 g/mol. The zero-order valence-electron chi connectivity index (χ0n) is 11.3. The highest BCUT2D eigenvalue weighted by Crippen LogP contribution is 2.19. The molecule has 2 N–H and O–H groups in total. The van der Waals surface area contributed by atoms with Gasteiger partial charge in [-0.05, 0) is 37.0 Å². The lowest BCUT2D eigenvalue weighted by Crippen LogP contribution is -2.37. The summed E-state index contributed by atoms with van der Waals surface area (Å²) >= 11 is 0. The summed E-state index contributed by atoms with van der Waals surface area (Å²) in [4.78, 5) is 4.58. The van der Waals surface area contributed by atoms with Crippen molar-refractivity contribution >= 4 is 12.2 Å². The van der Waals surface area contributed by atoms with E-state index >= 15 is 0 Å². The van der Waals surface area contributed by atoms with Crippen molar-refractivity contribution in [2.75, 3.05) is 0 Å². The molecule has 0 radical (unpaired) electrons. The first-order chi connectivity index (χ1) is 9.33. The number of hydrogen-bond acceptors (Lipinski definition) is 3. The van der Waals surface area contributed by atoms with E-state index in [0.29, 0.717) is 6.04 Å². The highest BCUT2D eigenvalue weighted by Gasteiger charge is 2.18. The SMILES string of the molecule is OC(NC1CCCCC1)c1ccc2c(n1)=CCCC=2. The van der Waals surface area contributed by atoms with Crippen molar-refractivity contribution in [3.05, 3.63) is 28.4 Å². The number of aromatic nitrogens is 1.